The van der Waals surface area contributed by atoms with E-state index in [1.165, 1.54) is 0 Å². The van der Waals surface area contributed by atoms with Crippen LogP contribution in [-0.4, -0.2) is 25.1 Å². The van der Waals surface area contributed by atoms with Gasteiger partial charge in [-0.2, -0.15) is 0 Å². The van der Waals surface area contributed by atoms with Crippen molar-refractivity contribution in [3.05, 3.63) is 89.5 Å². The Balaban J connectivity index is 1.46. The Labute approximate surface area is 175 Å². The van der Waals surface area contributed by atoms with Crippen LogP contribution in [0.25, 0.3) is 0 Å². The topological polar surface area (TPSA) is 55.8 Å². The van der Waals surface area contributed by atoms with E-state index < -0.39 is 5.97 Å². The molecule has 1 aliphatic rings. The van der Waals surface area contributed by atoms with Gasteiger partial charge in [-0.25, -0.2) is 4.79 Å². The molecule has 1 aliphatic heterocycles. The van der Waals surface area contributed by atoms with Crippen LogP contribution in [0.1, 0.15) is 16.7 Å². The molecule has 1 amide bonds. The summed E-state index contributed by atoms with van der Waals surface area (Å²) in [5.74, 6) is -0.282. The average Bonchev–Trinajstić information content (AvgIpc) is 2.93. The van der Waals surface area contributed by atoms with Crippen molar-refractivity contribution < 1.29 is 19.1 Å². The number of esters is 1. The van der Waals surface area contributed by atoms with Gasteiger partial charge in [-0.3, -0.25) is 9.69 Å². The molecule has 0 fully saturated rings. The van der Waals surface area contributed by atoms with Crippen LogP contribution in [0.5, 0.6) is 5.75 Å². The number of rotatable bonds is 5. The van der Waals surface area contributed by atoms with Gasteiger partial charge in [-0.15, -0.1) is 0 Å². The first kappa shape index (κ1) is 19.7. The van der Waals surface area contributed by atoms with Gasteiger partial charge in [-0.05, 0) is 60.7 Å². The molecule has 0 saturated heterocycles. The van der Waals surface area contributed by atoms with Crippen molar-refractivity contribution in [1.29, 1.82) is 0 Å². The van der Waals surface area contributed by atoms with E-state index in [0.29, 0.717) is 5.75 Å². The Morgan fingerprint density at radius 1 is 0.833 bits per heavy atom. The Kier molecular flexibility index (Phi) is 5.80. The van der Waals surface area contributed by atoms with Crippen LogP contribution in [0, 0.1) is 6.92 Å². The van der Waals surface area contributed by atoms with E-state index in [1.807, 2.05) is 73.7 Å². The summed E-state index contributed by atoms with van der Waals surface area (Å²) in [6.45, 7) is 1.35. The van der Waals surface area contributed by atoms with Crippen molar-refractivity contribution in [3.8, 4) is 5.75 Å². The number of carbonyl (C=O) groups is 2. The van der Waals surface area contributed by atoms with E-state index in [4.69, 9.17) is 9.47 Å². The SMILES string of the molecule is Cc1cccc(OCC(=O)OCC(=O)N2c3ccccc3CCc3ccccc32)c1. The van der Waals surface area contributed by atoms with Gasteiger partial charge in [0.1, 0.15) is 5.75 Å². The van der Waals surface area contributed by atoms with Gasteiger partial charge in [0.2, 0.25) is 0 Å². The number of amides is 1. The van der Waals surface area contributed by atoms with Crippen LogP contribution in [0.4, 0.5) is 11.4 Å². The Morgan fingerprint density at radius 2 is 1.47 bits per heavy atom. The van der Waals surface area contributed by atoms with Crippen LogP contribution in [-0.2, 0) is 27.2 Å². The van der Waals surface area contributed by atoms with Crippen molar-refractivity contribution in [2.75, 3.05) is 18.1 Å². The fourth-order valence-electron chi connectivity index (χ4n) is 3.64. The fraction of sp³-hybridized carbons (Fsp3) is 0.200. The molecule has 30 heavy (non-hydrogen) atoms. The molecule has 0 aliphatic carbocycles. The molecule has 0 spiro atoms. The van der Waals surface area contributed by atoms with E-state index in [2.05, 4.69) is 0 Å². The Bertz CT molecular complexity index is 1030. The van der Waals surface area contributed by atoms with Crippen LogP contribution in [0.2, 0.25) is 0 Å². The standard InChI is InChI=1S/C25H23NO4/c1-18-7-6-10-21(15-18)29-17-25(28)30-16-24(27)26-22-11-4-2-8-19(22)13-14-20-9-3-5-12-23(20)26/h2-12,15H,13-14,16-17H2,1H3. The number of aryl methyl sites for hydroxylation is 3. The third-order valence-corrected chi connectivity index (χ3v) is 5.08. The lowest BCUT2D eigenvalue weighted by Gasteiger charge is -2.24. The smallest absolute Gasteiger partial charge is 0.344 e. The number of para-hydroxylation sites is 2. The summed E-state index contributed by atoms with van der Waals surface area (Å²) < 4.78 is 10.7. The lowest BCUT2D eigenvalue weighted by molar-refractivity contribution is -0.149. The van der Waals surface area contributed by atoms with Gasteiger partial charge in [0.25, 0.3) is 5.91 Å². The van der Waals surface area contributed by atoms with Gasteiger partial charge >= 0.3 is 5.97 Å². The largest absolute Gasteiger partial charge is 0.482 e. The molecule has 0 bridgehead atoms. The minimum Gasteiger partial charge on any atom is -0.482 e. The van der Waals surface area contributed by atoms with E-state index in [9.17, 15) is 9.59 Å². The van der Waals surface area contributed by atoms with Gasteiger partial charge < -0.3 is 9.47 Å². The van der Waals surface area contributed by atoms with E-state index in [-0.39, 0.29) is 19.1 Å². The summed E-state index contributed by atoms with van der Waals surface area (Å²) in [5, 5.41) is 0. The van der Waals surface area contributed by atoms with Crippen molar-refractivity contribution in [1.82, 2.24) is 0 Å². The van der Waals surface area contributed by atoms with Gasteiger partial charge in [0.15, 0.2) is 13.2 Å². The minimum atomic E-state index is -0.582. The number of nitrogens with zero attached hydrogens (tertiary/aromatic N) is 1. The zero-order valence-corrected chi connectivity index (χ0v) is 16.8. The van der Waals surface area contributed by atoms with Crippen LogP contribution >= 0.6 is 0 Å². The number of ether oxygens (including phenoxy) is 2. The lowest BCUT2D eigenvalue weighted by atomic mass is 10.0. The fourth-order valence-corrected chi connectivity index (χ4v) is 3.64. The van der Waals surface area contributed by atoms with Gasteiger partial charge in [0.05, 0.1) is 11.4 Å². The van der Waals surface area contributed by atoms with Crippen molar-refractivity contribution in [3.63, 3.8) is 0 Å². The van der Waals surface area contributed by atoms with Crippen LogP contribution < -0.4 is 9.64 Å². The first-order chi connectivity index (χ1) is 14.6. The highest BCUT2D eigenvalue weighted by atomic mass is 16.6. The zero-order chi connectivity index (χ0) is 20.9. The van der Waals surface area contributed by atoms with E-state index in [1.54, 1.807) is 11.0 Å². The first-order valence-electron chi connectivity index (χ1n) is 9.95. The van der Waals surface area contributed by atoms with E-state index in [0.717, 1.165) is 40.9 Å². The molecule has 152 valence electrons. The van der Waals surface area contributed by atoms with E-state index >= 15 is 0 Å². The molecule has 0 N–H and O–H groups in total. The maximum absolute atomic E-state index is 13.1. The van der Waals surface area contributed by atoms with Crippen molar-refractivity contribution >= 4 is 23.3 Å². The number of anilines is 2. The van der Waals surface area contributed by atoms with Crippen LogP contribution in [0.3, 0.4) is 0 Å². The molecular weight excluding hydrogens is 378 g/mol. The predicted octanol–water partition coefficient (Wildman–Crippen LogP) is 4.38. The lowest BCUT2D eigenvalue weighted by Crippen LogP contribution is -2.32. The van der Waals surface area contributed by atoms with Crippen LogP contribution in [0.15, 0.2) is 72.8 Å². The highest BCUT2D eigenvalue weighted by Gasteiger charge is 2.26. The number of fused-ring (bicyclic) bond motifs is 2. The highest BCUT2D eigenvalue weighted by molar-refractivity contribution is 6.03. The number of benzene rings is 3. The molecule has 3 aromatic rings. The van der Waals surface area contributed by atoms with Gasteiger partial charge in [-0.1, -0.05) is 48.5 Å². The summed E-state index contributed by atoms with van der Waals surface area (Å²) in [5.41, 5.74) is 4.89. The molecule has 0 radical (unpaired) electrons. The minimum absolute atomic E-state index is 0.246. The molecule has 5 heteroatoms. The number of carbonyl (C=O) groups excluding carboxylic acids is 2. The monoisotopic (exact) mass is 401 g/mol. The summed E-state index contributed by atoms with van der Waals surface area (Å²) in [7, 11) is 0. The number of hydrogen-bond donors (Lipinski definition) is 0. The molecular formula is C25H23NO4. The zero-order valence-electron chi connectivity index (χ0n) is 16.8. The third kappa shape index (κ3) is 4.35. The molecule has 0 saturated carbocycles. The Morgan fingerprint density at radius 3 is 2.10 bits per heavy atom. The molecule has 3 aromatic carbocycles. The maximum Gasteiger partial charge on any atom is 0.344 e. The molecule has 0 aromatic heterocycles. The molecule has 1 heterocycles. The summed E-state index contributed by atoms with van der Waals surface area (Å²) >= 11 is 0. The summed E-state index contributed by atoms with van der Waals surface area (Å²) in [4.78, 5) is 26.9. The van der Waals surface area contributed by atoms with Crippen molar-refractivity contribution in [2.45, 2.75) is 19.8 Å². The number of hydrogen-bond acceptors (Lipinski definition) is 4. The molecule has 0 unspecified atom stereocenters. The second-order valence-electron chi connectivity index (χ2n) is 7.25. The van der Waals surface area contributed by atoms with Crippen molar-refractivity contribution in [2.24, 2.45) is 0 Å². The molecule has 5 nitrogen and oxygen atoms in total. The second-order valence-corrected chi connectivity index (χ2v) is 7.25. The normalized spacial score (nSPS) is 12.4. The summed E-state index contributed by atoms with van der Waals surface area (Å²) in [6, 6.07) is 23.1. The second kappa shape index (κ2) is 8.82. The highest BCUT2D eigenvalue weighted by Crippen LogP contribution is 2.35. The Hall–Kier alpha value is -3.60. The maximum atomic E-state index is 13.1. The average molecular weight is 401 g/mol. The molecule has 0 atom stereocenters. The van der Waals surface area contributed by atoms with Gasteiger partial charge in [0, 0.05) is 0 Å². The molecule has 4 rings (SSSR count). The predicted molar refractivity (Wildman–Crippen MR) is 115 cm³/mol. The first-order valence-corrected chi connectivity index (χ1v) is 9.95. The quantitative estimate of drug-likeness (QED) is 0.596. The summed E-state index contributed by atoms with van der Waals surface area (Å²) in [6.07, 6.45) is 1.70. The third-order valence-electron chi connectivity index (χ3n) is 5.08.